The summed E-state index contributed by atoms with van der Waals surface area (Å²) >= 11 is 0. The topological polar surface area (TPSA) is 90.3 Å². The van der Waals surface area contributed by atoms with E-state index in [1.807, 2.05) is 24.3 Å². The smallest absolute Gasteiger partial charge is 0.222 e. The van der Waals surface area contributed by atoms with Gasteiger partial charge >= 0.3 is 0 Å². The summed E-state index contributed by atoms with van der Waals surface area (Å²) < 4.78 is 11.5. The lowest BCUT2D eigenvalue weighted by molar-refractivity contribution is 0.193. The van der Waals surface area contributed by atoms with Crippen molar-refractivity contribution in [3.05, 3.63) is 41.9 Å². The van der Waals surface area contributed by atoms with Crippen LogP contribution in [0.1, 0.15) is 42.7 Å². The van der Waals surface area contributed by atoms with E-state index in [0.29, 0.717) is 17.8 Å². The van der Waals surface area contributed by atoms with Crippen molar-refractivity contribution in [3.63, 3.8) is 0 Å². The summed E-state index contributed by atoms with van der Waals surface area (Å²) in [6, 6.07) is 10.0. The second kappa shape index (κ2) is 6.81. The Morgan fingerprint density at radius 2 is 1.85 bits per heavy atom. The van der Waals surface area contributed by atoms with Crippen LogP contribution in [0.25, 0.3) is 11.1 Å². The van der Waals surface area contributed by atoms with E-state index in [0.717, 1.165) is 74.1 Å². The number of para-hydroxylation sites is 2. The third kappa shape index (κ3) is 3.23. The predicted octanol–water partition coefficient (Wildman–Crippen LogP) is 3.09. The van der Waals surface area contributed by atoms with Gasteiger partial charge in [-0.05, 0) is 31.4 Å². The highest BCUT2D eigenvalue weighted by Gasteiger charge is 2.27. The highest BCUT2D eigenvalue weighted by Crippen LogP contribution is 2.33. The number of oxazole rings is 1. The maximum atomic E-state index is 5.98. The van der Waals surface area contributed by atoms with Gasteiger partial charge in [-0.2, -0.15) is 4.98 Å². The molecule has 0 amide bonds. The summed E-state index contributed by atoms with van der Waals surface area (Å²) in [5, 5.41) is 0. The number of rotatable bonds is 3. The average molecular weight is 365 g/mol. The molecule has 0 aliphatic carbocycles. The molecule has 0 radical (unpaired) electrons. The van der Waals surface area contributed by atoms with Crippen LogP contribution in [0.5, 0.6) is 0 Å². The van der Waals surface area contributed by atoms with Crippen LogP contribution in [0.15, 0.2) is 34.7 Å². The SMILES string of the molecule is Nc1nc([C@@H]2CCOC2)cc(N2CCC(c3nc4ccccc4o3)CC2)n1. The largest absolute Gasteiger partial charge is 0.440 e. The molecule has 2 aromatic heterocycles. The third-order valence-electron chi connectivity index (χ3n) is 5.58. The highest BCUT2D eigenvalue weighted by molar-refractivity contribution is 5.72. The van der Waals surface area contributed by atoms with Crippen LogP contribution in [0.2, 0.25) is 0 Å². The van der Waals surface area contributed by atoms with Gasteiger partial charge in [0.05, 0.1) is 12.3 Å². The molecule has 2 aliphatic heterocycles. The first kappa shape index (κ1) is 16.5. The van der Waals surface area contributed by atoms with Gasteiger partial charge in [-0.3, -0.25) is 0 Å². The predicted molar refractivity (Wildman–Crippen MR) is 103 cm³/mol. The maximum absolute atomic E-state index is 5.98. The molecule has 0 saturated carbocycles. The molecule has 1 aromatic carbocycles. The molecular weight excluding hydrogens is 342 g/mol. The Balaban J connectivity index is 1.31. The Morgan fingerprint density at radius 3 is 2.63 bits per heavy atom. The van der Waals surface area contributed by atoms with Crippen molar-refractivity contribution in [2.24, 2.45) is 0 Å². The monoisotopic (exact) mass is 365 g/mol. The van der Waals surface area contributed by atoms with Crippen molar-refractivity contribution in [1.82, 2.24) is 15.0 Å². The maximum Gasteiger partial charge on any atom is 0.222 e. The minimum atomic E-state index is 0.325. The number of piperidine rings is 1. The fraction of sp³-hybridized carbons (Fsp3) is 0.450. The zero-order valence-corrected chi connectivity index (χ0v) is 15.2. The Hall–Kier alpha value is -2.67. The number of hydrogen-bond acceptors (Lipinski definition) is 7. The lowest BCUT2D eigenvalue weighted by atomic mass is 9.96. The summed E-state index contributed by atoms with van der Waals surface area (Å²) in [4.78, 5) is 15.9. The van der Waals surface area contributed by atoms with Gasteiger partial charge in [-0.15, -0.1) is 0 Å². The molecule has 0 unspecified atom stereocenters. The molecule has 7 nitrogen and oxygen atoms in total. The standard InChI is InChI=1S/C20H23N5O2/c21-20-23-16(14-7-10-26-12-14)11-18(24-20)25-8-5-13(6-9-25)19-22-15-3-1-2-4-17(15)27-19/h1-4,11,13-14H,5-10,12H2,(H2,21,23,24)/t14-/m1/s1. The van der Waals surface area contributed by atoms with Crippen LogP contribution >= 0.6 is 0 Å². The van der Waals surface area contributed by atoms with Gasteiger partial charge in [0.25, 0.3) is 0 Å². The van der Waals surface area contributed by atoms with Crippen LogP contribution in [0.3, 0.4) is 0 Å². The van der Waals surface area contributed by atoms with E-state index in [2.05, 4.69) is 25.9 Å². The quantitative estimate of drug-likeness (QED) is 0.763. The molecular formula is C20H23N5O2. The number of nitrogens with zero attached hydrogens (tertiary/aromatic N) is 4. The summed E-state index contributed by atoms with van der Waals surface area (Å²) in [5.41, 5.74) is 8.77. The number of nitrogens with two attached hydrogens (primary N) is 1. The molecule has 0 spiro atoms. The van der Waals surface area contributed by atoms with E-state index < -0.39 is 0 Å². The van der Waals surface area contributed by atoms with Gasteiger partial charge < -0.3 is 19.8 Å². The Kier molecular flexibility index (Phi) is 4.16. The van der Waals surface area contributed by atoms with Crippen molar-refractivity contribution in [3.8, 4) is 0 Å². The number of fused-ring (bicyclic) bond motifs is 1. The van der Waals surface area contributed by atoms with Crippen LogP contribution < -0.4 is 10.6 Å². The number of nitrogen functional groups attached to an aromatic ring is 1. The van der Waals surface area contributed by atoms with Gasteiger partial charge in [-0.25, -0.2) is 9.97 Å². The number of ether oxygens (including phenoxy) is 1. The Labute approximate surface area is 157 Å². The van der Waals surface area contributed by atoms with Gasteiger partial charge in [-0.1, -0.05) is 12.1 Å². The van der Waals surface area contributed by atoms with Gasteiger partial charge in [0.1, 0.15) is 11.3 Å². The fourth-order valence-corrected chi connectivity index (χ4v) is 4.03. The van der Waals surface area contributed by atoms with Gasteiger partial charge in [0, 0.05) is 37.6 Å². The van der Waals surface area contributed by atoms with Crippen LogP contribution in [0, 0.1) is 0 Å². The van der Waals surface area contributed by atoms with E-state index >= 15 is 0 Å². The van der Waals surface area contributed by atoms with E-state index in [4.69, 9.17) is 14.9 Å². The fourth-order valence-electron chi connectivity index (χ4n) is 4.03. The van der Waals surface area contributed by atoms with E-state index in [1.54, 1.807) is 0 Å². The number of anilines is 2. The van der Waals surface area contributed by atoms with E-state index in [1.165, 1.54) is 0 Å². The Morgan fingerprint density at radius 1 is 1.00 bits per heavy atom. The van der Waals surface area contributed by atoms with Crippen LogP contribution in [0.4, 0.5) is 11.8 Å². The van der Waals surface area contributed by atoms with Gasteiger partial charge in [0.15, 0.2) is 11.5 Å². The second-order valence-corrected chi connectivity index (χ2v) is 7.35. The number of hydrogen-bond donors (Lipinski definition) is 1. The van der Waals surface area contributed by atoms with Crippen molar-refractivity contribution in [2.45, 2.75) is 31.1 Å². The molecule has 0 bridgehead atoms. The molecule has 2 fully saturated rings. The summed E-state index contributed by atoms with van der Waals surface area (Å²) in [7, 11) is 0. The Bertz CT molecular complexity index is 909. The second-order valence-electron chi connectivity index (χ2n) is 7.35. The van der Waals surface area contributed by atoms with E-state index in [9.17, 15) is 0 Å². The molecule has 2 aliphatic rings. The highest BCUT2D eigenvalue weighted by atomic mass is 16.5. The minimum absolute atomic E-state index is 0.325. The zero-order chi connectivity index (χ0) is 18.2. The molecule has 4 heterocycles. The summed E-state index contributed by atoms with van der Waals surface area (Å²) in [6.07, 6.45) is 2.97. The van der Waals surface area contributed by atoms with Crippen molar-refractivity contribution < 1.29 is 9.15 Å². The van der Waals surface area contributed by atoms with Crippen LogP contribution in [-0.4, -0.2) is 41.3 Å². The van der Waals surface area contributed by atoms with Crippen molar-refractivity contribution in [1.29, 1.82) is 0 Å². The summed E-state index contributed by atoms with van der Waals surface area (Å²) in [5.74, 6) is 2.78. The van der Waals surface area contributed by atoms with Crippen molar-refractivity contribution in [2.75, 3.05) is 36.9 Å². The first-order valence-corrected chi connectivity index (χ1v) is 9.59. The lowest BCUT2D eigenvalue weighted by Crippen LogP contribution is -2.34. The molecule has 2 saturated heterocycles. The first-order valence-electron chi connectivity index (χ1n) is 9.59. The molecule has 7 heteroatoms. The molecule has 3 aromatic rings. The summed E-state index contributed by atoms with van der Waals surface area (Å²) in [6.45, 7) is 3.32. The third-order valence-corrected chi connectivity index (χ3v) is 5.58. The molecule has 140 valence electrons. The first-order chi connectivity index (χ1) is 13.3. The van der Waals surface area contributed by atoms with Crippen LogP contribution in [-0.2, 0) is 4.74 Å². The van der Waals surface area contributed by atoms with Gasteiger partial charge in [0.2, 0.25) is 5.95 Å². The lowest BCUT2D eigenvalue weighted by Gasteiger charge is -2.31. The van der Waals surface area contributed by atoms with E-state index in [-0.39, 0.29) is 0 Å². The molecule has 1 atom stereocenters. The number of benzene rings is 1. The minimum Gasteiger partial charge on any atom is -0.440 e. The normalized spacial score (nSPS) is 21.2. The number of aromatic nitrogens is 3. The molecule has 2 N–H and O–H groups in total. The zero-order valence-electron chi connectivity index (χ0n) is 15.2. The average Bonchev–Trinajstić information content (AvgIpc) is 3.37. The molecule has 5 rings (SSSR count). The van der Waals surface area contributed by atoms with Crippen molar-refractivity contribution >= 4 is 22.9 Å². The molecule has 27 heavy (non-hydrogen) atoms.